The molecule has 0 bridgehead atoms. The molecule has 0 radical (unpaired) electrons. The second kappa shape index (κ2) is 4.60. The number of benzene rings is 1. The SMILES string of the molecule is Cc1cc2c(n1-c1ccc(C#N)cc1)CC(C)(C)CC2=O. The lowest BCUT2D eigenvalue weighted by Gasteiger charge is -2.29. The molecule has 106 valence electrons. The smallest absolute Gasteiger partial charge is 0.165 e. The van der Waals surface area contributed by atoms with Crippen molar-refractivity contribution in [1.29, 1.82) is 5.26 Å². The highest BCUT2D eigenvalue weighted by Crippen LogP contribution is 2.37. The fourth-order valence-electron chi connectivity index (χ4n) is 3.20. The van der Waals surface area contributed by atoms with Gasteiger partial charge < -0.3 is 4.57 Å². The fourth-order valence-corrected chi connectivity index (χ4v) is 3.20. The van der Waals surface area contributed by atoms with Crippen molar-refractivity contribution in [2.24, 2.45) is 5.41 Å². The molecule has 0 spiro atoms. The molecule has 1 aromatic heterocycles. The molecule has 0 unspecified atom stereocenters. The van der Waals surface area contributed by atoms with Crippen LogP contribution in [0.15, 0.2) is 30.3 Å². The zero-order chi connectivity index (χ0) is 15.2. The van der Waals surface area contributed by atoms with E-state index in [0.717, 1.165) is 29.1 Å². The maximum Gasteiger partial charge on any atom is 0.165 e. The number of carbonyl (C=O) groups is 1. The number of nitrogens with zero attached hydrogens (tertiary/aromatic N) is 2. The first-order valence-corrected chi connectivity index (χ1v) is 7.16. The normalized spacial score (nSPS) is 16.4. The van der Waals surface area contributed by atoms with Crippen LogP contribution < -0.4 is 0 Å². The Bertz CT molecular complexity index is 758. The number of fused-ring (bicyclic) bond motifs is 1. The molecule has 2 aromatic rings. The first-order valence-electron chi connectivity index (χ1n) is 7.16. The lowest BCUT2D eigenvalue weighted by molar-refractivity contribution is 0.0911. The minimum absolute atomic E-state index is 0.000772. The van der Waals surface area contributed by atoms with Crippen molar-refractivity contribution in [3.05, 3.63) is 52.8 Å². The fraction of sp³-hybridized carbons (Fsp3) is 0.333. The molecule has 0 saturated heterocycles. The van der Waals surface area contributed by atoms with E-state index in [4.69, 9.17) is 5.26 Å². The third-order valence-corrected chi connectivity index (χ3v) is 4.13. The van der Waals surface area contributed by atoms with E-state index >= 15 is 0 Å². The summed E-state index contributed by atoms with van der Waals surface area (Å²) in [6.45, 7) is 6.30. The summed E-state index contributed by atoms with van der Waals surface area (Å²) in [4.78, 5) is 12.3. The van der Waals surface area contributed by atoms with E-state index in [-0.39, 0.29) is 11.2 Å². The van der Waals surface area contributed by atoms with E-state index in [0.29, 0.717) is 12.0 Å². The van der Waals surface area contributed by atoms with E-state index in [1.165, 1.54) is 0 Å². The number of aryl methyl sites for hydroxylation is 1. The molecule has 0 amide bonds. The van der Waals surface area contributed by atoms with Crippen molar-refractivity contribution in [3.8, 4) is 11.8 Å². The van der Waals surface area contributed by atoms with Gasteiger partial charge in [0.1, 0.15) is 0 Å². The summed E-state index contributed by atoms with van der Waals surface area (Å²) in [6.07, 6.45) is 1.50. The summed E-state index contributed by atoms with van der Waals surface area (Å²) < 4.78 is 2.15. The summed E-state index contributed by atoms with van der Waals surface area (Å²) in [5, 5.41) is 8.91. The van der Waals surface area contributed by atoms with E-state index in [2.05, 4.69) is 24.5 Å². The number of Topliss-reactive ketones (excluding diaryl/α,β-unsaturated/α-hetero) is 1. The predicted octanol–water partition coefficient (Wildman–Crippen LogP) is 3.81. The zero-order valence-electron chi connectivity index (χ0n) is 12.6. The number of ketones is 1. The zero-order valence-corrected chi connectivity index (χ0v) is 12.6. The van der Waals surface area contributed by atoms with Crippen LogP contribution >= 0.6 is 0 Å². The van der Waals surface area contributed by atoms with Gasteiger partial charge in [-0.05, 0) is 49.1 Å². The van der Waals surface area contributed by atoms with Crippen molar-refractivity contribution in [3.63, 3.8) is 0 Å². The largest absolute Gasteiger partial charge is 0.317 e. The second-order valence-electron chi connectivity index (χ2n) is 6.58. The average molecular weight is 278 g/mol. The Morgan fingerprint density at radius 1 is 1.19 bits per heavy atom. The van der Waals surface area contributed by atoms with Gasteiger partial charge in [-0.15, -0.1) is 0 Å². The highest BCUT2D eigenvalue weighted by molar-refractivity contribution is 5.99. The molecular formula is C18H18N2O. The van der Waals surface area contributed by atoms with Crippen LogP contribution in [0.4, 0.5) is 0 Å². The van der Waals surface area contributed by atoms with Crippen LogP contribution in [-0.2, 0) is 6.42 Å². The van der Waals surface area contributed by atoms with Gasteiger partial charge in [0.05, 0.1) is 11.6 Å². The summed E-state index contributed by atoms with van der Waals surface area (Å²) in [5.41, 5.74) is 4.68. The van der Waals surface area contributed by atoms with Gasteiger partial charge in [0.2, 0.25) is 0 Å². The average Bonchev–Trinajstić information content (AvgIpc) is 2.74. The van der Waals surface area contributed by atoms with Gasteiger partial charge in [0, 0.05) is 29.1 Å². The van der Waals surface area contributed by atoms with E-state index in [9.17, 15) is 4.79 Å². The summed E-state index contributed by atoms with van der Waals surface area (Å²) in [6, 6.07) is 11.6. The number of hydrogen-bond acceptors (Lipinski definition) is 2. The van der Waals surface area contributed by atoms with Gasteiger partial charge in [0.15, 0.2) is 5.78 Å². The molecule has 0 atom stereocenters. The van der Waals surface area contributed by atoms with E-state index < -0.39 is 0 Å². The third kappa shape index (κ3) is 2.27. The maximum atomic E-state index is 12.3. The van der Waals surface area contributed by atoms with Crippen molar-refractivity contribution >= 4 is 5.78 Å². The first-order chi connectivity index (χ1) is 9.91. The maximum absolute atomic E-state index is 12.3. The van der Waals surface area contributed by atoms with E-state index in [1.807, 2.05) is 37.3 Å². The quantitative estimate of drug-likeness (QED) is 0.796. The molecule has 3 heteroatoms. The Morgan fingerprint density at radius 2 is 1.86 bits per heavy atom. The van der Waals surface area contributed by atoms with Crippen LogP contribution in [-0.4, -0.2) is 10.4 Å². The van der Waals surface area contributed by atoms with Gasteiger partial charge in [0.25, 0.3) is 0 Å². The summed E-state index contributed by atoms with van der Waals surface area (Å²) in [7, 11) is 0. The number of nitriles is 1. The monoisotopic (exact) mass is 278 g/mol. The van der Waals surface area contributed by atoms with Crippen molar-refractivity contribution in [2.75, 3.05) is 0 Å². The van der Waals surface area contributed by atoms with Gasteiger partial charge in [-0.25, -0.2) is 0 Å². The molecule has 1 aliphatic carbocycles. The Morgan fingerprint density at radius 3 is 2.48 bits per heavy atom. The predicted molar refractivity (Wildman–Crippen MR) is 81.7 cm³/mol. The van der Waals surface area contributed by atoms with Gasteiger partial charge in [-0.2, -0.15) is 5.26 Å². The minimum Gasteiger partial charge on any atom is -0.317 e. The highest BCUT2D eigenvalue weighted by Gasteiger charge is 2.34. The molecule has 1 heterocycles. The topological polar surface area (TPSA) is 45.8 Å². The second-order valence-corrected chi connectivity index (χ2v) is 6.58. The van der Waals surface area contributed by atoms with Crippen molar-refractivity contribution < 1.29 is 4.79 Å². The van der Waals surface area contributed by atoms with Crippen LogP contribution in [0.25, 0.3) is 5.69 Å². The molecule has 3 rings (SSSR count). The lowest BCUT2D eigenvalue weighted by Crippen LogP contribution is -2.27. The number of carbonyl (C=O) groups excluding carboxylic acids is 1. The molecule has 0 aliphatic heterocycles. The molecule has 1 aliphatic rings. The van der Waals surface area contributed by atoms with Gasteiger partial charge >= 0.3 is 0 Å². The van der Waals surface area contributed by atoms with E-state index in [1.54, 1.807) is 0 Å². The number of hydrogen-bond donors (Lipinski definition) is 0. The minimum atomic E-state index is -0.000772. The number of rotatable bonds is 1. The first kappa shape index (κ1) is 13.6. The van der Waals surface area contributed by atoms with Crippen LogP contribution in [0.1, 0.15) is 47.6 Å². The summed E-state index contributed by atoms with van der Waals surface area (Å²) in [5.74, 6) is 0.233. The number of aromatic nitrogens is 1. The Kier molecular flexibility index (Phi) is 2.98. The molecule has 0 saturated carbocycles. The molecular weight excluding hydrogens is 260 g/mol. The summed E-state index contributed by atoms with van der Waals surface area (Å²) >= 11 is 0. The van der Waals surface area contributed by atoms with Crippen LogP contribution in [0, 0.1) is 23.7 Å². The molecule has 3 nitrogen and oxygen atoms in total. The molecule has 21 heavy (non-hydrogen) atoms. The van der Waals surface area contributed by atoms with Crippen LogP contribution in [0.5, 0.6) is 0 Å². The molecule has 0 N–H and O–H groups in total. The Labute approximate surface area is 124 Å². The standard InChI is InChI=1S/C18H18N2O/c1-12-8-15-16(9-18(2,3)10-17(15)21)20(12)14-6-4-13(11-19)5-7-14/h4-8H,9-10H2,1-3H3. The van der Waals surface area contributed by atoms with Crippen molar-refractivity contribution in [1.82, 2.24) is 4.57 Å². The van der Waals surface area contributed by atoms with Gasteiger partial charge in [-0.1, -0.05) is 13.8 Å². The third-order valence-electron chi connectivity index (χ3n) is 4.13. The van der Waals surface area contributed by atoms with Crippen LogP contribution in [0.3, 0.4) is 0 Å². The Balaban J connectivity index is 2.16. The lowest BCUT2D eigenvalue weighted by atomic mass is 9.76. The van der Waals surface area contributed by atoms with Crippen molar-refractivity contribution in [2.45, 2.75) is 33.6 Å². The van der Waals surface area contributed by atoms with Crippen LogP contribution in [0.2, 0.25) is 0 Å². The molecule has 1 aromatic carbocycles. The van der Waals surface area contributed by atoms with Gasteiger partial charge in [-0.3, -0.25) is 4.79 Å². The highest BCUT2D eigenvalue weighted by atomic mass is 16.1. The molecule has 0 fully saturated rings. The Hall–Kier alpha value is -2.34.